The van der Waals surface area contributed by atoms with Gasteiger partial charge in [0, 0.05) is 27.6 Å². The van der Waals surface area contributed by atoms with Gasteiger partial charge in [-0.15, -0.1) is 11.8 Å². The second-order valence-electron chi connectivity index (χ2n) is 6.38. The van der Waals surface area contributed by atoms with Crippen LogP contribution in [0.5, 0.6) is 0 Å². The molecule has 0 aliphatic rings. The lowest BCUT2D eigenvalue weighted by molar-refractivity contribution is -0.114. The minimum absolute atomic E-state index is 0.0223. The first-order chi connectivity index (χ1) is 13.5. The van der Waals surface area contributed by atoms with E-state index in [0.717, 1.165) is 22.9 Å². The fraction of sp³-hybridized carbons (Fsp3) is 0.227. The molecule has 144 valence electrons. The van der Waals surface area contributed by atoms with Gasteiger partial charge in [0.05, 0.1) is 11.3 Å². The van der Waals surface area contributed by atoms with Crippen molar-refractivity contribution in [3.8, 4) is 0 Å². The van der Waals surface area contributed by atoms with Crippen molar-refractivity contribution in [1.82, 2.24) is 4.98 Å². The van der Waals surface area contributed by atoms with E-state index < -0.39 is 5.97 Å². The normalized spacial score (nSPS) is 10.8. The van der Waals surface area contributed by atoms with Gasteiger partial charge in [-0.05, 0) is 31.0 Å². The van der Waals surface area contributed by atoms with Gasteiger partial charge in [-0.25, -0.2) is 4.79 Å². The van der Waals surface area contributed by atoms with Gasteiger partial charge in [-0.2, -0.15) is 0 Å². The number of thioether (sulfide) groups is 1. The molecule has 0 unspecified atom stereocenters. The Kier molecular flexibility index (Phi) is 6.31. The summed E-state index contributed by atoms with van der Waals surface area (Å²) in [4.78, 5) is 40.1. The molecule has 0 saturated carbocycles. The van der Waals surface area contributed by atoms with Crippen LogP contribution in [0.3, 0.4) is 0 Å². The molecule has 0 amide bonds. The highest BCUT2D eigenvalue weighted by Gasteiger charge is 2.18. The molecule has 0 spiro atoms. The zero-order chi connectivity index (χ0) is 20.1. The standard InChI is InChI=1S/C22H21NO4S/c1-3-15-7-6-9-16-18(11-23-21(15)16)19(25)12-27-22(26)17-8-4-5-10-20(17)28-13-14(2)24/h4-11,23H,3,12-13H2,1-2H3. The molecule has 2 aromatic carbocycles. The van der Waals surface area contributed by atoms with Crippen LogP contribution in [0.2, 0.25) is 0 Å². The number of ether oxygens (including phenoxy) is 1. The maximum absolute atomic E-state index is 12.6. The quantitative estimate of drug-likeness (QED) is 0.346. The minimum atomic E-state index is -0.575. The Hall–Kier alpha value is -2.86. The zero-order valence-electron chi connectivity index (χ0n) is 15.8. The van der Waals surface area contributed by atoms with Gasteiger partial charge >= 0.3 is 5.97 Å². The molecule has 0 aliphatic carbocycles. The second kappa shape index (κ2) is 8.89. The number of fused-ring (bicyclic) bond motifs is 1. The number of carbonyl (C=O) groups excluding carboxylic acids is 3. The summed E-state index contributed by atoms with van der Waals surface area (Å²) in [6.45, 7) is 3.21. The largest absolute Gasteiger partial charge is 0.454 e. The predicted molar refractivity (Wildman–Crippen MR) is 110 cm³/mol. The maximum Gasteiger partial charge on any atom is 0.339 e. The number of Topliss-reactive ketones (excluding diaryl/α,β-unsaturated/α-hetero) is 2. The third-order valence-corrected chi connectivity index (χ3v) is 5.57. The van der Waals surface area contributed by atoms with Gasteiger partial charge in [0.15, 0.2) is 6.61 Å². The number of hydrogen-bond acceptors (Lipinski definition) is 5. The van der Waals surface area contributed by atoms with Gasteiger partial charge in [-0.1, -0.05) is 37.3 Å². The smallest absolute Gasteiger partial charge is 0.339 e. The summed E-state index contributed by atoms with van der Waals surface area (Å²) in [5.74, 6) is -0.539. The van der Waals surface area contributed by atoms with Crippen molar-refractivity contribution in [2.75, 3.05) is 12.4 Å². The monoisotopic (exact) mass is 395 g/mol. The molecule has 1 aromatic heterocycles. The number of rotatable bonds is 8. The van der Waals surface area contributed by atoms with Crippen LogP contribution in [0, 0.1) is 0 Å². The van der Waals surface area contributed by atoms with Gasteiger partial charge < -0.3 is 9.72 Å². The molecule has 6 heteroatoms. The predicted octanol–water partition coefficient (Wildman–Crippen LogP) is 4.45. The highest BCUT2D eigenvalue weighted by Crippen LogP contribution is 2.25. The van der Waals surface area contributed by atoms with Crippen molar-refractivity contribution in [3.05, 3.63) is 65.4 Å². The SMILES string of the molecule is CCc1cccc2c(C(=O)COC(=O)c3ccccc3SCC(C)=O)c[nH]c12. The molecule has 1 N–H and O–H groups in total. The number of benzene rings is 2. The number of aryl methyl sites for hydroxylation is 1. The topological polar surface area (TPSA) is 76.2 Å². The van der Waals surface area contributed by atoms with Crippen molar-refractivity contribution in [2.24, 2.45) is 0 Å². The van der Waals surface area contributed by atoms with Crippen LogP contribution in [0.4, 0.5) is 0 Å². The number of aromatic amines is 1. The first kappa shape index (κ1) is 19.9. The van der Waals surface area contributed by atoms with E-state index in [2.05, 4.69) is 11.9 Å². The number of nitrogens with one attached hydrogen (secondary N) is 1. The van der Waals surface area contributed by atoms with Gasteiger partial charge in [0.2, 0.25) is 5.78 Å². The maximum atomic E-state index is 12.6. The van der Waals surface area contributed by atoms with E-state index in [0.29, 0.717) is 16.0 Å². The van der Waals surface area contributed by atoms with E-state index in [4.69, 9.17) is 4.74 Å². The van der Waals surface area contributed by atoms with E-state index in [9.17, 15) is 14.4 Å². The molecule has 28 heavy (non-hydrogen) atoms. The summed E-state index contributed by atoms with van der Waals surface area (Å²) < 4.78 is 5.27. The van der Waals surface area contributed by atoms with Crippen LogP contribution in [0.25, 0.3) is 10.9 Å². The van der Waals surface area contributed by atoms with Crippen molar-refractivity contribution in [3.63, 3.8) is 0 Å². The molecule has 5 nitrogen and oxygen atoms in total. The van der Waals surface area contributed by atoms with Gasteiger partial charge in [0.1, 0.15) is 5.78 Å². The molecule has 0 bridgehead atoms. The Morgan fingerprint density at radius 3 is 2.57 bits per heavy atom. The summed E-state index contributed by atoms with van der Waals surface area (Å²) in [5.41, 5.74) is 2.93. The number of H-pyrrole nitrogens is 1. The third-order valence-electron chi connectivity index (χ3n) is 4.36. The van der Waals surface area contributed by atoms with Gasteiger partial charge in [0.25, 0.3) is 0 Å². The minimum Gasteiger partial charge on any atom is -0.454 e. The highest BCUT2D eigenvalue weighted by molar-refractivity contribution is 8.00. The first-order valence-corrected chi connectivity index (χ1v) is 10.0. The summed E-state index contributed by atoms with van der Waals surface area (Å²) in [7, 11) is 0. The van der Waals surface area contributed by atoms with Crippen LogP contribution in [0.1, 0.15) is 40.1 Å². The molecular weight excluding hydrogens is 374 g/mol. The summed E-state index contributed by atoms with van der Waals surface area (Å²) in [6, 6.07) is 12.7. The summed E-state index contributed by atoms with van der Waals surface area (Å²) >= 11 is 1.28. The average molecular weight is 395 g/mol. The number of para-hydroxylation sites is 1. The van der Waals surface area contributed by atoms with Crippen LogP contribution in [-0.4, -0.2) is 34.9 Å². The average Bonchev–Trinajstić information content (AvgIpc) is 3.14. The second-order valence-corrected chi connectivity index (χ2v) is 7.40. The first-order valence-electron chi connectivity index (χ1n) is 9.01. The van der Waals surface area contributed by atoms with E-state index in [-0.39, 0.29) is 23.9 Å². The highest BCUT2D eigenvalue weighted by atomic mass is 32.2. The number of ketones is 2. The van der Waals surface area contributed by atoms with E-state index >= 15 is 0 Å². The van der Waals surface area contributed by atoms with Crippen molar-refractivity contribution < 1.29 is 19.1 Å². The molecule has 0 fully saturated rings. The molecule has 3 rings (SSSR count). The van der Waals surface area contributed by atoms with E-state index in [1.807, 2.05) is 18.2 Å². The Morgan fingerprint density at radius 1 is 1.04 bits per heavy atom. The molecule has 0 aliphatic heterocycles. The van der Waals surface area contributed by atoms with Crippen LogP contribution < -0.4 is 0 Å². The number of esters is 1. The van der Waals surface area contributed by atoms with Crippen LogP contribution in [0.15, 0.2) is 53.6 Å². The van der Waals surface area contributed by atoms with Crippen molar-refractivity contribution >= 4 is 40.2 Å². The lowest BCUT2D eigenvalue weighted by Crippen LogP contribution is -2.14. The molecule has 0 atom stereocenters. The van der Waals surface area contributed by atoms with Gasteiger partial charge in [-0.3, -0.25) is 9.59 Å². The number of aromatic nitrogens is 1. The van der Waals surface area contributed by atoms with Crippen LogP contribution in [-0.2, 0) is 16.0 Å². The fourth-order valence-corrected chi connectivity index (χ4v) is 3.81. The molecule has 0 saturated heterocycles. The molecular formula is C22H21NO4S. The zero-order valence-corrected chi connectivity index (χ0v) is 16.6. The van der Waals surface area contributed by atoms with Crippen molar-refractivity contribution in [1.29, 1.82) is 0 Å². The number of hydrogen-bond donors (Lipinski definition) is 1. The van der Waals surface area contributed by atoms with Crippen molar-refractivity contribution in [2.45, 2.75) is 25.2 Å². The van der Waals surface area contributed by atoms with E-state index in [1.54, 1.807) is 30.5 Å². The molecule has 0 radical (unpaired) electrons. The lowest BCUT2D eigenvalue weighted by Gasteiger charge is -2.08. The molecule has 1 heterocycles. The Balaban J connectivity index is 1.72. The van der Waals surface area contributed by atoms with Crippen LogP contribution >= 0.6 is 11.8 Å². The third kappa shape index (κ3) is 4.34. The Bertz CT molecular complexity index is 1040. The lowest BCUT2D eigenvalue weighted by atomic mass is 10.1. The van der Waals surface area contributed by atoms with E-state index in [1.165, 1.54) is 18.7 Å². The summed E-state index contributed by atoms with van der Waals surface area (Å²) in [6.07, 6.45) is 2.52. The fourth-order valence-electron chi connectivity index (χ4n) is 2.97. The Labute approximate surface area is 167 Å². The molecule has 3 aromatic rings. The number of carbonyl (C=O) groups is 3. The summed E-state index contributed by atoms with van der Waals surface area (Å²) in [5, 5.41) is 0.831. The Morgan fingerprint density at radius 2 is 1.82 bits per heavy atom.